The summed E-state index contributed by atoms with van der Waals surface area (Å²) in [5.41, 5.74) is 3.77. The second kappa shape index (κ2) is 5.95. The number of rotatable bonds is 2. The topological polar surface area (TPSA) is 46.3 Å². The second-order valence-corrected chi connectivity index (χ2v) is 7.10. The first kappa shape index (κ1) is 15.6. The molecule has 0 radical (unpaired) electrons. The molecule has 1 saturated heterocycles. The molecule has 5 nitrogen and oxygen atoms in total. The Balaban J connectivity index is 1.76. The fraction of sp³-hybridized carbons (Fsp3) is 0.250. The van der Waals surface area contributed by atoms with E-state index in [-0.39, 0.29) is 6.04 Å². The van der Waals surface area contributed by atoms with Crippen LogP contribution in [0.4, 0.5) is 5.82 Å². The summed E-state index contributed by atoms with van der Waals surface area (Å²) in [6.45, 7) is 2.89. The lowest BCUT2D eigenvalue weighted by molar-refractivity contribution is 0.710. The molecule has 6 heteroatoms. The molecule has 0 N–H and O–H groups in total. The van der Waals surface area contributed by atoms with E-state index >= 15 is 0 Å². The lowest BCUT2D eigenvalue weighted by Crippen LogP contribution is -2.24. The van der Waals surface area contributed by atoms with Gasteiger partial charge in [-0.1, -0.05) is 29.8 Å². The molecule has 130 valence electrons. The van der Waals surface area contributed by atoms with Gasteiger partial charge in [0.05, 0.1) is 17.3 Å². The molecular weight excluding hydrogens is 346 g/mol. The van der Waals surface area contributed by atoms with Crippen LogP contribution < -0.4 is 4.90 Å². The van der Waals surface area contributed by atoms with Crippen molar-refractivity contribution in [3.63, 3.8) is 0 Å². The van der Waals surface area contributed by atoms with E-state index in [1.165, 1.54) is 5.56 Å². The summed E-state index contributed by atoms with van der Waals surface area (Å²) >= 11 is 6.50. The minimum absolute atomic E-state index is 0.282. The average Bonchev–Trinajstić information content (AvgIpc) is 3.28. The van der Waals surface area contributed by atoms with Crippen molar-refractivity contribution in [1.82, 2.24) is 19.6 Å². The molecule has 0 bridgehead atoms. The molecule has 5 rings (SSSR count). The summed E-state index contributed by atoms with van der Waals surface area (Å²) in [6, 6.07) is 12.7. The average molecular weight is 364 g/mol. The van der Waals surface area contributed by atoms with E-state index in [9.17, 15) is 0 Å². The van der Waals surface area contributed by atoms with Gasteiger partial charge in [0.15, 0.2) is 5.65 Å². The van der Waals surface area contributed by atoms with Crippen molar-refractivity contribution in [2.75, 3.05) is 11.4 Å². The highest BCUT2D eigenvalue weighted by Crippen LogP contribution is 2.39. The Morgan fingerprint density at radius 1 is 1.15 bits per heavy atom. The Morgan fingerprint density at radius 3 is 2.88 bits per heavy atom. The predicted molar refractivity (Wildman–Crippen MR) is 104 cm³/mol. The van der Waals surface area contributed by atoms with Crippen molar-refractivity contribution in [1.29, 1.82) is 0 Å². The van der Waals surface area contributed by atoms with Gasteiger partial charge in [-0.25, -0.2) is 9.50 Å². The van der Waals surface area contributed by atoms with Crippen LogP contribution in [0.5, 0.6) is 0 Å². The van der Waals surface area contributed by atoms with Crippen molar-refractivity contribution in [3.8, 4) is 0 Å². The molecule has 1 fully saturated rings. The zero-order valence-corrected chi connectivity index (χ0v) is 15.2. The molecule has 3 aromatic heterocycles. The maximum absolute atomic E-state index is 6.50. The smallest absolute Gasteiger partial charge is 0.176 e. The third-order valence-electron chi connectivity index (χ3n) is 5.14. The van der Waals surface area contributed by atoms with Crippen LogP contribution in [-0.4, -0.2) is 26.1 Å². The predicted octanol–water partition coefficient (Wildman–Crippen LogP) is 4.58. The van der Waals surface area contributed by atoms with Crippen LogP contribution in [0, 0.1) is 6.92 Å². The van der Waals surface area contributed by atoms with E-state index in [1.54, 1.807) is 0 Å². The van der Waals surface area contributed by atoms with Gasteiger partial charge in [0, 0.05) is 24.3 Å². The van der Waals surface area contributed by atoms with Crippen LogP contribution in [-0.2, 0) is 0 Å². The summed E-state index contributed by atoms with van der Waals surface area (Å²) in [6.07, 6.45) is 6.00. The van der Waals surface area contributed by atoms with Gasteiger partial charge in [0.25, 0.3) is 0 Å². The number of pyridine rings is 1. The molecule has 1 aliphatic rings. The van der Waals surface area contributed by atoms with E-state index in [2.05, 4.69) is 33.2 Å². The van der Waals surface area contributed by atoms with Gasteiger partial charge in [-0.05, 0) is 43.5 Å². The van der Waals surface area contributed by atoms with Crippen LogP contribution in [0.15, 0.2) is 48.8 Å². The molecule has 0 amide bonds. The lowest BCUT2D eigenvalue weighted by atomic mass is 10.1. The van der Waals surface area contributed by atoms with E-state index in [4.69, 9.17) is 16.6 Å². The first-order valence-corrected chi connectivity index (χ1v) is 9.22. The molecule has 1 unspecified atom stereocenters. The molecule has 0 saturated carbocycles. The first-order chi connectivity index (χ1) is 12.7. The van der Waals surface area contributed by atoms with E-state index in [0.717, 1.165) is 47.4 Å². The van der Waals surface area contributed by atoms with Crippen LogP contribution in [0.25, 0.3) is 16.6 Å². The molecule has 0 aliphatic carbocycles. The zero-order chi connectivity index (χ0) is 17.7. The highest BCUT2D eigenvalue weighted by atomic mass is 35.5. The van der Waals surface area contributed by atoms with Gasteiger partial charge in [0.2, 0.25) is 0 Å². The van der Waals surface area contributed by atoms with Gasteiger partial charge in [-0.3, -0.25) is 4.98 Å². The number of anilines is 1. The molecule has 1 atom stereocenters. The maximum Gasteiger partial charge on any atom is 0.176 e. The molecule has 1 aromatic carbocycles. The van der Waals surface area contributed by atoms with Crippen LogP contribution in [0.2, 0.25) is 5.02 Å². The second-order valence-electron chi connectivity index (χ2n) is 6.73. The van der Waals surface area contributed by atoms with Crippen molar-refractivity contribution in [3.05, 3.63) is 65.1 Å². The molecule has 1 aliphatic heterocycles. The van der Waals surface area contributed by atoms with Crippen LogP contribution in [0.3, 0.4) is 0 Å². The quantitative estimate of drug-likeness (QED) is 0.523. The number of hydrogen-bond donors (Lipinski definition) is 0. The Bertz CT molecular complexity index is 1110. The van der Waals surface area contributed by atoms with Gasteiger partial charge in [-0.15, -0.1) is 0 Å². The van der Waals surface area contributed by atoms with E-state index in [0.29, 0.717) is 5.02 Å². The standard InChI is InChI=1S/C20H18ClN5/c1-13-18(21)20-23-19(15-7-2-3-8-17(15)26(20)24-13)25-11-5-9-16(25)14-6-4-10-22-12-14/h2-4,6-8,10,12,16H,5,9,11H2,1H3. The zero-order valence-electron chi connectivity index (χ0n) is 14.4. The minimum Gasteiger partial charge on any atom is -0.349 e. The fourth-order valence-electron chi connectivity index (χ4n) is 3.93. The fourth-order valence-corrected chi connectivity index (χ4v) is 4.09. The SMILES string of the molecule is Cc1nn2c(nc(N3CCCC3c3cccnc3)c3ccccc32)c1Cl. The van der Waals surface area contributed by atoms with Crippen molar-refractivity contribution in [2.24, 2.45) is 0 Å². The largest absolute Gasteiger partial charge is 0.349 e. The van der Waals surface area contributed by atoms with Crippen molar-refractivity contribution in [2.45, 2.75) is 25.8 Å². The minimum atomic E-state index is 0.282. The number of nitrogens with zero attached hydrogens (tertiary/aromatic N) is 5. The third-order valence-corrected chi connectivity index (χ3v) is 5.59. The molecular formula is C20H18ClN5. The van der Waals surface area contributed by atoms with Gasteiger partial charge in [-0.2, -0.15) is 5.10 Å². The highest BCUT2D eigenvalue weighted by Gasteiger charge is 2.29. The number of aryl methyl sites for hydroxylation is 1. The van der Waals surface area contributed by atoms with Crippen LogP contribution in [0.1, 0.15) is 30.1 Å². The number of fused-ring (bicyclic) bond motifs is 3. The van der Waals surface area contributed by atoms with Gasteiger partial charge in [0.1, 0.15) is 10.8 Å². The monoisotopic (exact) mass is 363 g/mol. The summed E-state index contributed by atoms with van der Waals surface area (Å²) in [5.74, 6) is 0.973. The van der Waals surface area contributed by atoms with Crippen molar-refractivity contribution >= 4 is 34.0 Å². The Kier molecular flexibility index (Phi) is 3.57. The lowest BCUT2D eigenvalue weighted by Gasteiger charge is -2.27. The molecule has 26 heavy (non-hydrogen) atoms. The van der Waals surface area contributed by atoms with Gasteiger partial charge >= 0.3 is 0 Å². The maximum atomic E-state index is 6.50. The Morgan fingerprint density at radius 2 is 2.04 bits per heavy atom. The Hall–Kier alpha value is -2.66. The summed E-state index contributed by atoms with van der Waals surface area (Å²) in [4.78, 5) is 11.6. The first-order valence-electron chi connectivity index (χ1n) is 8.84. The Labute approximate surface area is 156 Å². The van der Waals surface area contributed by atoms with Crippen molar-refractivity contribution < 1.29 is 0 Å². The summed E-state index contributed by atoms with van der Waals surface area (Å²) < 4.78 is 1.85. The molecule has 0 spiro atoms. The van der Waals surface area contributed by atoms with E-state index < -0.39 is 0 Å². The third kappa shape index (κ3) is 2.27. The number of benzene rings is 1. The molecule has 4 heterocycles. The highest BCUT2D eigenvalue weighted by molar-refractivity contribution is 6.34. The van der Waals surface area contributed by atoms with E-state index in [1.807, 2.05) is 42.0 Å². The number of para-hydroxylation sites is 1. The van der Waals surface area contributed by atoms with Gasteiger partial charge < -0.3 is 4.90 Å². The van der Waals surface area contributed by atoms with Crippen LogP contribution >= 0.6 is 11.6 Å². The summed E-state index contributed by atoms with van der Waals surface area (Å²) in [5, 5.41) is 6.29. The number of hydrogen-bond acceptors (Lipinski definition) is 4. The normalized spacial score (nSPS) is 17.5. The number of aromatic nitrogens is 4. The summed E-state index contributed by atoms with van der Waals surface area (Å²) in [7, 11) is 0. The number of halogens is 1. The molecule has 4 aromatic rings.